The zero-order valence-corrected chi connectivity index (χ0v) is 12.2. The number of halogens is 1. The van der Waals surface area contributed by atoms with Crippen molar-refractivity contribution in [3.63, 3.8) is 0 Å². The molecule has 3 nitrogen and oxygen atoms in total. The first kappa shape index (κ1) is 12.8. The van der Waals surface area contributed by atoms with Crippen LogP contribution in [0.1, 0.15) is 19.8 Å². The highest BCUT2D eigenvalue weighted by atomic mass is 79.9. The average Bonchev–Trinajstić information content (AvgIpc) is 2.50. The quantitative estimate of drug-likeness (QED) is 0.837. The summed E-state index contributed by atoms with van der Waals surface area (Å²) >= 11 is 3.50. The lowest BCUT2D eigenvalue weighted by atomic mass is 10.1. The molecule has 1 unspecified atom stereocenters. The van der Waals surface area contributed by atoms with Gasteiger partial charge in [-0.25, -0.2) is 0 Å². The van der Waals surface area contributed by atoms with Crippen molar-refractivity contribution < 1.29 is 0 Å². The lowest BCUT2D eigenvalue weighted by molar-refractivity contribution is 0.328. The molecule has 0 bridgehead atoms. The number of pyridine rings is 1. The number of nitrogens with zero attached hydrogens (tertiary/aromatic N) is 3. The third-order valence-electron chi connectivity index (χ3n) is 3.40. The van der Waals surface area contributed by atoms with Gasteiger partial charge in [0, 0.05) is 29.8 Å². The van der Waals surface area contributed by atoms with E-state index in [2.05, 4.69) is 50.8 Å². The molecule has 2 rings (SSSR count). The number of anilines is 1. The van der Waals surface area contributed by atoms with Crippen molar-refractivity contribution in [2.24, 2.45) is 0 Å². The van der Waals surface area contributed by atoms with E-state index in [4.69, 9.17) is 0 Å². The highest BCUT2D eigenvalue weighted by molar-refractivity contribution is 9.10. The molecule has 17 heavy (non-hydrogen) atoms. The van der Waals surface area contributed by atoms with Gasteiger partial charge in [0.05, 0.1) is 11.9 Å². The van der Waals surface area contributed by atoms with Gasteiger partial charge in [0.25, 0.3) is 0 Å². The van der Waals surface area contributed by atoms with Gasteiger partial charge in [-0.2, -0.15) is 0 Å². The molecule has 0 radical (unpaired) electrons. The molecule has 1 atom stereocenters. The number of hydrogen-bond acceptors (Lipinski definition) is 3. The standard InChI is InChI=1S/C13H20BrN3/c1-3-12-10-16(2)5-4-6-17(12)13-7-11(14)8-15-9-13/h7-9,12H,3-6,10H2,1-2H3. The zero-order chi connectivity index (χ0) is 12.3. The highest BCUT2D eigenvalue weighted by Crippen LogP contribution is 2.23. The van der Waals surface area contributed by atoms with Gasteiger partial charge in [-0.15, -0.1) is 0 Å². The van der Waals surface area contributed by atoms with Crippen LogP contribution in [0.15, 0.2) is 22.9 Å². The molecule has 94 valence electrons. The average molecular weight is 298 g/mol. The van der Waals surface area contributed by atoms with Crippen LogP contribution in [0, 0.1) is 0 Å². The minimum atomic E-state index is 0.596. The Balaban J connectivity index is 2.22. The molecular weight excluding hydrogens is 278 g/mol. The summed E-state index contributed by atoms with van der Waals surface area (Å²) in [5.74, 6) is 0. The van der Waals surface area contributed by atoms with Crippen molar-refractivity contribution in [1.29, 1.82) is 0 Å². The Labute approximate surface area is 112 Å². The van der Waals surface area contributed by atoms with Crippen molar-refractivity contribution in [3.05, 3.63) is 22.9 Å². The second kappa shape index (κ2) is 5.83. The van der Waals surface area contributed by atoms with Crippen LogP contribution in [0.2, 0.25) is 0 Å². The second-order valence-corrected chi connectivity index (χ2v) is 5.65. The summed E-state index contributed by atoms with van der Waals surface area (Å²) in [6, 6.07) is 2.76. The van der Waals surface area contributed by atoms with Crippen molar-refractivity contribution in [1.82, 2.24) is 9.88 Å². The van der Waals surface area contributed by atoms with E-state index < -0.39 is 0 Å². The predicted molar refractivity (Wildman–Crippen MR) is 75.5 cm³/mol. The van der Waals surface area contributed by atoms with Gasteiger partial charge in [-0.3, -0.25) is 4.98 Å². The Morgan fingerprint density at radius 2 is 2.24 bits per heavy atom. The van der Waals surface area contributed by atoms with Crippen LogP contribution in [0.4, 0.5) is 5.69 Å². The van der Waals surface area contributed by atoms with Crippen LogP contribution >= 0.6 is 15.9 Å². The van der Waals surface area contributed by atoms with Gasteiger partial charge in [0.15, 0.2) is 0 Å². The molecule has 0 aromatic carbocycles. The topological polar surface area (TPSA) is 19.4 Å². The van der Waals surface area contributed by atoms with E-state index in [-0.39, 0.29) is 0 Å². The smallest absolute Gasteiger partial charge is 0.0567 e. The van der Waals surface area contributed by atoms with Gasteiger partial charge >= 0.3 is 0 Å². The van der Waals surface area contributed by atoms with E-state index in [1.807, 2.05) is 12.4 Å². The predicted octanol–water partition coefficient (Wildman–Crippen LogP) is 2.76. The van der Waals surface area contributed by atoms with E-state index >= 15 is 0 Å². The zero-order valence-electron chi connectivity index (χ0n) is 10.6. The third-order valence-corrected chi connectivity index (χ3v) is 3.83. The van der Waals surface area contributed by atoms with E-state index in [1.54, 1.807) is 0 Å². The summed E-state index contributed by atoms with van der Waals surface area (Å²) in [5, 5.41) is 0. The summed E-state index contributed by atoms with van der Waals surface area (Å²) < 4.78 is 1.06. The number of rotatable bonds is 2. The molecule has 0 spiro atoms. The summed E-state index contributed by atoms with van der Waals surface area (Å²) in [6.45, 7) is 5.72. The molecule has 1 aliphatic rings. The third kappa shape index (κ3) is 3.19. The summed E-state index contributed by atoms with van der Waals surface area (Å²) in [5.41, 5.74) is 1.24. The molecule has 1 aromatic heterocycles. The Hall–Kier alpha value is -0.610. The van der Waals surface area contributed by atoms with Gasteiger partial charge in [0.2, 0.25) is 0 Å². The molecule has 0 amide bonds. The fourth-order valence-electron chi connectivity index (χ4n) is 2.49. The van der Waals surface area contributed by atoms with Gasteiger partial charge in [-0.05, 0) is 48.4 Å². The van der Waals surface area contributed by atoms with Gasteiger partial charge in [-0.1, -0.05) is 6.92 Å². The van der Waals surface area contributed by atoms with Crippen LogP contribution in [-0.4, -0.2) is 42.6 Å². The molecule has 0 aliphatic carbocycles. The molecule has 0 N–H and O–H groups in total. The van der Waals surface area contributed by atoms with Crippen molar-refractivity contribution in [2.75, 3.05) is 31.6 Å². The SMILES string of the molecule is CCC1CN(C)CCCN1c1cncc(Br)c1. The first-order chi connectivity index (χ1) is 8.20. The van der Waals surface area contributed by atoms with Crippen molar-refractivity contribution >= 4 is 21.6 Å². The second-order valence-electron chi connectivity index (χ2n) is 4.73. The minimum absolute atomic E-state index is 0.596. The van der Waals surface area contributed by atoms with E-state index in [1.165, 1.54) is 25.1 Å². The van der Waals surface area contributed by atoms with E-state index in [0.29, 0.717) is 6.04 Å². The van der Waals surface area contributed by atoms with Crippen LogP contribution in [0.25, 0.3) is 0 Å². The Morgan fingerprint density at radius 3 is 2.94 bits per heavy atom. The lowest BCUT2D eigenvalue weighted by Gasteiger charge is -2.32. The van der Waals surface area contributed by atoms with E-state index in [0.717, 1.165) is 17.6 Å². The van der Waals surface area contributed by atoms with Gasteiger partial charge in [0.1, 0.15) is 0 Å². The summed E-state index contributed by atoms with van der Waals surface area (Å²) in [6.07, 6.45) is 6.21. The molecule has 1 saturated heterocycles. The number of aromatic nitrogens is 1. The molecular formula is C13H20BrN3. The largest absolute Gasteiger partial charge is 0.366 e. The maximum absolute atomic E-state index is 4.28. The Morgan fingerprint density at radius 1 is 1.41 bits per heavy atom. The summed E-state index contributed by atoms with van der Waals surface area (Å²) in [4.78, 5) is 9.21. The first-order valence-corrected chi connectivity index (χ1v) is 7.05. The molecule has 2 heterocycles. The Kier molecular flexibility index (Phi) is 4.40. The first-order valence-electron chi connectivity index (χ1n) is 6.26. The summed E-state index contributed by atoms with van der Waals surface area (Å²) in [7, 11) is 2.21. The maximum Gasteiger partial charge on any atom is 0.0567 e. The molecule has 1 fully saturated rings. The fraction of sp³-hybridized carbons (Fsp3) is 0.615. The normalized spacial score (nSPS) is 22.5. The molecule has 1 aromatic rings. The lowest BCUT2D eigenvalue weighted by Crippen LogP contribution is -2.39. The van der Waals surface area contributed by atoms with Crippen LogP contribution in [0.3, 0.4) is 0 Å². The monoisotopic (exact) mass is 297 g/mol. The number of hydrogen-bond donors (Lipinski definition) is 0. The van der Waals surface area contributed by atoms with Crippen LogP contribution in [-0.2, 0) is 0 Å². The number of likely N-dealkylation sites (N-methyl/N-ethyl adjacent to an activating group) is 1. The van der Waals surface area contributed by atoms with Crippen LogP contribution < -0.4 is 4.90 Å². The molecule has 4 heteroatoms. The van der Waals surface area contributed by atoms with E-state index in [9.17, 15) is 0 Å². The highest BCUT2D eigenvalue weighted by Gasteiger charge is 2.22. The van der Waals surface area contributed by atoms with Crippen molar-refractivity contribution in [3.8, 4) is 0 Å². The maximum atomic E-state index is 4.28. The fourth-order valence-corrected chi connectivity index (χ4v) is 2.84. The van der Waals surface area contributed by atoms with Crippen molar-refractivity contribution in [2.45, 2.75) is 25.8 Å². The Bertz CT molecular complexity index is 369. The van der Waals surface area contributed by atoms with Crippen LogP contribution in [0.5, 0.6) is 0 Å². The molecule has 0 saturated carbocycles. The minimum Gasteiger partial charge on any atom is -0.366 e. The molecule has 1 aliphatic heterocycles. The van der Waals surface area contributed by atoms with Gasteiger partial charge < -0.3 is 9.80 Å².